The minimum Gasteiger partial charge on any atom is -0.321 e. The van der Waals surface area contributed by atoms with Crippen LogP contribution in [0.15, 0.2) is 22.7 Å². The molecule has 3 heteroatoms. The fraction of sp³-hybridized carbons (Fsp3) is 0.600. The fourth-order valence-corrected chi connectivity index (χ4v) is 5.19. The number of thioether (sulfide) groups is 1. The highest BCUT2D eigenvalue weighted by Crippen LogP contribution is 2.41. The summed E-state index contributed by atoms with van der Waals surface area (Å²) in [6.07, 6.45) is 6.14. The van der Waals surface area contributed by atoms with Gasteiger partial charge in [-0.2, -0.15) is 11.8 Å². The van der Waals surface area contributed by atoms with Gasteiger partial charge in [0.1, 0.15) is 0 Å². The lowest BCUT2D eigenvalue weighted by Crippen LogP contribution is -2.33. The molecule has 0 amide bonds. The molecule has 1 saturated heterocycles. The maximum Gasteiger partial charge on any atom is 0.0410 e. The number of nitrogens with two attached hydrogens (primary N) is 1. The summed E-state index contributed by atoms with van der Waals surface area (Å²) in [5.74, 6) is 3.31. The van der Waals surface area contributed by atoms with Gasteiger partial charge in [0.05, 0.1) is 0 Å². The predicted molar refractivity (Wildman–Crippen MR) is 83.2 cm³/mol. The van der Waals surface area contributed by atoms with Crippen LogP contribution in [-0.4, -0.2) is 11.5 Å². The van der Waals surface area contributed by atoms with E-state index in [0.29, 0.717) is 0 Å². The van der Waals surface area contributed by atoms with E-state index in [1.807, 2.05) is 0 Å². The molecular weight excluding hydrogens is 306 g/mol. The van der Waals surface area contributed by atoms with E-state index in [1.165, 1.54) is 46.4 Å². The Morgan fingerprint density at radius 2 is 2.06 bits per heavy atom. The lowest BCUT2D eigenvalue weighted by atomic mass is 9.87. The molecule has 1 unspecified atom stereocenters. The Hall–Kier alpha value is 0.01000. The minimum atomic E-state index is -0.0640. The van der Waals surface area contributed by atoms with Crippen molar-refractivity contribution >= 4 is 27.7 Å². The molecule has 18 heavy (non-hydrogen) atoms. The topological polar surface area (TPSA) is 26.0 Å². The van der Waals surface area contributed by atoms with E-state index in [-0.39, 0.29) is 5.54 Å². The van der Waals surface area contributed by atoms with Crippen LogP contribution in [0.2, 0.25) is 0 Å². The highest BCUT2D eigenvalue weighted by molar-refractivity contribution is 9.10. The van der Waals surface area contributed by atoms with E-state index < -0.39 is 0 Å². The molecule has 0 radical (unpaired) electrons. The molecule has 1 nitrogen and oxygen atoms in total. The predicted octanol–water partition coefficient (Wildman–Crippen LogP) is 4.40. The van der Waals surface area contributed by atoms with Crippen molar-refractivity contribution in [2.24, 2.45) is 5.73 Å². The molecule has 98 valence electrons. The van der Waals surface area contributed by atoms with Crippen LogP contribution in [-0.2, 0) is 5.54 Å². The third-order valence-electron chi connectivity index (χ3n) is 4.44. The van der Waals surface area contributed by atoms with Crippen LogP contribution >= 0.6 is 27.7 Å². The molecule has 3 rings (SSSR count). The standard InChI is InChI=1S/C15H20BrNS/c16-14-9-12(15(17)6-1-2-7-15)3-4-13(14)11-5-8-18-10-11/h3-4,9,11H,1-2,5-8,10,17H2. The van der Waals surface area contributed by atoms with E-state index in [1.54, 1.807) is 0 Å². The monoisotopic (exact) mass is 325 g/mol. The fourth-order valence-electron chi connectivity index (χ4n) is 3.24. The first-order valence-corrected chi connectivity index (χ1v) is 8.80. The Labute approximate surface area is 122 Å². The van der Waals surface area contributed by atoms with Gasteiger partial charge in [0.25, 0.3) is 0 Å². The average molecular weight is 326 g/mol. The lowest BCUT2D eigenvalue weighted by Gasteiger charge is -2.25. The van der Waals surface area contributed by atoms with Gasteiger partial charge in [0.2, 0.25) is 0 Å². The zero-order valence-electron chi connectivity index (χ0n) is 10.6. The zero-order valence-corrected chi connectivity index (χ0v) is 13.0. The van der Waals surface area contributed by atoms with Gasteiger partial charge in [-0.05, 0) is 48.1 Å². The molecule has 0 aromatic heterocycles. The maximum atomic E-state index is 6.53. The van der Waals surface area contributed by atoms with Gasteiger partial charge in [-0.25, -0.2) is 0 Å². The van der Waals surface area contributed by atoms with Gasteiger partial charge >= 0.3 is 0 Å². The number of hydrogen-bond acceptors (Lipinski definition) is 2. The highest BCUT2D eigenvalue weighted by Gasteiger charge is 2.32. The first kappa shape index (κ1) is 13.0. The van der Waals surface area contributed by atoms with Crippen LogP contribution in [0, 0.1) is 0 Å². The van der Waals surface area contributed by atoms with Crippen molar-refractivity contribution in [3.63, 3.8) is 0 Å². The molecule has 1 saturated carbocycles. The van der Waals surface area contributed by atoms with Gasteiger partial charge in [-0.1, -0.05) is 40.9 Å². The van der Waals surface area contributed by atoms with Crippen LogP contribution in [0.5, 0.6) is 0 Å². The van der Waals surface area contributed by atoms with Crippen LogP contribution in [0.4, 0.5) is 0 Å². The normalized spacial score (nSPS) is 26.7. The van der Waals surface area contributed by atoms with Crippen molar-refractivity contribution in [1.29, 1.82) is 0 Å². The molecular formula is C15H20BrNS. The summed E-state index contributed by atoms with van der Waals surface area (Å²) in [7, 11) is 0. The van der Waals surface area contributed by atoms with Crippen molar-refractivity contribution in [3.05, 3.63) is 33.8 Å². The van der Waals surface area contributed by atoms with Crippen molar-refractivity contribution in [2.45, 2.75) is 43.6 Å². The Bertz CT molecular complexity index is 434. The quantitative estimate of drug-likeness (QED) is 0.872. The average Bonchev–Trinajstić information content (AvgIpc) is 3.00. The molecule has 1 heterocycles. The Morgan fingerprint density at radius 1 is 1.28 bits per heavy atom. The third kappa shape index (κ3) is 2.37. The van der Waals surface area contributed by atoms with E-state index in [4.69, 9.17) is 5.73 Å². The Morgan fingerprint density at radius 3 is 2.67 bits per heavy atom. The van der Waals surface area contributed by atoms with Crippen molar-refractivity contribution in [2.75, 3.05) is 11.5 Å². The number of halogens is 1. The Balaban J connectivity index is 1.88. The van der Waals surface area contributed by atoms with E-state index in [0.717, 1.165) is 18.8 Å². The Kier molecular flexibility index (Phi) is 3.75. The lowest BCUT2D eigenvalue weighted by molar-refractivity contribution is 0.461. The molecule has 2 N–H and O–H groups in total. The smallest absolute Gasteiger partial charge is 0.0410 e. The molecule has 1 aromatic carbocycles. The van der Waals surface area contributed by atoms with Crippen molar-refractivity contribution < 1.29 is 0 Å². The maximum absolute atomic E-state index is 6.53. The van der Waals surface area contributed by atoms with Crippen LogP contribution < -0.4 is 5.73 Å². The molecule has 1 aromatic rings. The molecule has 1 aliphatic heterocycles. The summed E-state index contributed by atoms with van der Waals surface area (Å²) in [6, 6.07) is 6.86. The number of hydrogen-bond donors (Lipinski definition) is 1. The van der Waals surface area contributed by atoms with E-state index >= 15 is 0 Å². The summed E-state index contributed by atoms with van der Waals surface area (Å²) >= 11 is 5.83. The van der Waals surface area contributed by atoms with E-state index in [2.05, 4.69) is 45.9 Å². The second-order valence-corrected chi connectivity index (χ2v) is 7.66. The largest absolute Gasteiger partial charge is 0.321 e. The SMILES string of the molecule is NC1(c2ccc(C3CCSC3)c(Br)c2)CCCC1. The summed E-state index contributed by atoms with van der Waals surface area (Å²) in [6.45, 7) is 0. The highest BCUT2D eigenvalue weighted by atomic mass is 79.9. The van der Waals surface area contributed by atoms with Crippen LogP contribution in [0.25, 0.3) is 0 Å². The van der Waals surface area contributed by atoms with Gasteiger partial charge in [-0.15, -0.1) is 0 Å². The third-order valence-corrected chi connectivity index (χ3v) is 6.29. The molecule has 0 spiro atoms. The summed E-state index contributed by atoms with van der Waals surface area (Å²) < 4.78 is 1.27. The second kappa shape index (κ2) is 5.18. The van der Waals surface area contributed by atoms with E-state index in [9.17, 15) is 0 Å². The molecule has 1 atom stereocenters. The molecule has 1 aliphatic carbocycles. The molecule has 2 aliphatic rings. The van der Waals surface area contributed by atoms with Crippen molar-refractivity contribution in [3.8, 4) is 0 Å². The first-order chi connectivity index (χ1) is 8.69. The van der Waals surface area contributed by atoms with Gasteiger partial charge in [0.15, 0.2) is 0 Å². The number of benzene rings is 1. The first-order valence-electron chi connectivity index (χ1n) is 6.86. The van der Waals surface area contributed by atoms with Crippen LogP contribution in [0.1, 0.15) is 49.1 Å². The van der Waals surface area contributed by atoms with Gasteiger partial charge in [-0.3, -0.25) is 0 Å². The molecule has 0 bridgehead atoms. The van der Waals surface area contributed by atoms with Gasteiger partial charge < -0.3 is 5.73 Å². The summed E-state index contributed by atoms with van der Waals surface area (Å²) in [5.41, 5.74) is 9.26. The van der Waals surface area contributed by atoms with Crippen LogP contribution in [0.3, 0.4) is 0 Å². The number of rotatable bonds is 2. The molecule has 2 fully saturated rings. The van der Waals surface area contributed by atoms with Crippen molar-refractivity contribution in [1.82, 2.24) is 0 Å². The summed E-state index contributed by atoms with van der Waals surface area (Å²) in [4.78, 5) is 0. The second-order valence-electron chi connectivity index (χ2n) is 5.66. The minimum absolute atomic E-state index is 0.0640. The zero-order chi connectivity index (χ0) is 12.6. The van der Waals surface area contributed by atoms with Gasteiger partial charge in [0, 0.05) is 15.8 Å². The summed E-state index contributed by atoms with van der Waals surface area (Å²) in [5, 5.41) is 0.